The van der Waals surface area contributed by atoms with E-state index in [0.29, 0.717) is 37.2 Å². The maximum absolute atomic E-state index is 7.43. The standard InChI is InChI=1S/C23H23N9O/c24-31-23-22(26-14-16-6-7-18-17(13-16)3-2-8-25-18)30-20(15-27-23)28-19-4-1-5-21(29-19)32-9-11-33-12-10-32/h1-8,13,15,24H,9-12,14H2,(H2,26,28,29,30). The molecule has 0 amide bonds. The maximum Gasteiger partial charge on any atom is 0.216 e. The lowest BCUT2D eigenvalue weighted by Gasteiger charge is -2.28. The van der Waals surface area contributed by atoms with Gasteiger partial charge in [0.05, 0.1) is 24.9 Å². The first kappa shape index (κ1) is 20.7. The van der Waals surface area contributed by atoms with Crippen molar-refractivity contribution in [2.45, 2.75) is 6.54 Å². The van der Waals surface area contributed by atoms with Gasteiger partial charge in [-0.15, -0.1) is 5.11 Å². The third-order valence-corrected chi connectivity index (χ3v) is 5.31. The van der Waals surface area contributed by atoms with Gasteiger partial charge in [0, 0.05) is 31.2 Å². The molecular weight excluding hydrogens is 418 g/mol. The van der Waals surface area contributed by atoms with Crippen LogP contribution in [0.4, 0.5) is 29.1 Å². The van der Waals surface area contributed by atoms with Crippen molar-refractivity contribution < 1.29 is 4.74 Å². The molecule has 0 spiro atoms. The lowest BCUT2D eigenvalue weighted by molar-refractivity contribution is 0.122. The van der Waals surface area contributed by atoms with Crippen LogP contribution < -0.4 is 15.5 Å². The number of fused-ring (bicyclic) bond motifs is 1. The summed E-state index contributed by atoms with van der Waals surface area (Å²) in [5.41, 5.74) is 9.44. The van der Waals surface area contributed by atoms with Crippen molar-refractivity contribution in [2.75, 3.05) is 41.8 Å². The summed E-state index contributed by atoms with van der Waals surface area (Å²) in [6, 6.07) is 15.8. The predicted octanol–water partition coefficient (Wildman–Crippen LogP) is 4.27. The van der Waals surface area contributed by atoms with E-state index in [1.165, 1.54) is 0 Å². The zero-order valence-electron chi connectivity index (χ0n) is 17.9. The van der Waals surface area contributed by atoms with E-state index < -0.39 is 0 Å². The van der Waals surface area contributed by atoms with Gasteiger partial charge in [-0.1, -0.05) is 18.2 Å². The fraction of sp³-hybridized carbons (Fsp3) is 0.217. The van der Waals surface area contributed by atoms with Crippen LogP contribution in [0.25, 0.3) is 10.9 Å². The van der Waals surface area contributed by atoms with E-state index in [2.05, 4.69) is 41.7 Å². The highest BCUT2D eigenvalue weighted by atomic mass is 16.5. The first-order valence-electron chi connectivity index (χ1n) is 10.7. The summed E-state index contributed by atoms with van der Waals surface area (Å²) in [6.07, 6.45) is 3.32. The van der Waals surface area contributed by atoms with Crippen LogP contribution in [0, 0.1) is 5.53 Å². The Kier molecular flexibility index (Phi) is 5.98. The number of anilines is 4. The van der Waals surface area contributed by atoms with Crippen molar-refractivity contribution in [3.8, 4) is 0 Å². The van der Waals surface area contributed by atoms with E-state index in [9.17, 15) is 0 Å². The molecule has 33 heavy (non-hydrogen) atoms. The lowest BCUT2D eigenvalue weighted by Crippen LogP contribution is -2.36. The second kappa shape index (κ2) is 9.53. The molecule has 1 aliphatic rings. The Hall–Kier alpha value is -4.18. The van der Waals surface area contributed by atoms with Gasteiger partial charge in [0.15, 0.2) is 11.6 Å². The van der Waals surface area contributed by atoms with Crippen LogP contribution in [0.1, 0.15) is 5.56 Å². The molecule has 5 rings (SSSR count). The highest BCUT2D eigenvalue weighted by Gasteiger charge is 2.13. The van der Waals surface area contributed by atoms with Gasteiger partial charge < -0.3 is 20.3 Å². The molecule has 1 aromatic carbocycles. The van der Waals surface area contributed by atoms with E-state index >= 15 is 0 Å². The highest BCUT2D eigenvalue weighted by Crippen LogP contribution is 2.25. The monoisotopic (exact) mass is 441 g/mol. The summed E-state index contributed by atoms with van der Waals surface area (Å²) in [7, 11) is 0. The number of aromatic nitrogens is 4. The van der Waals surface area contributed by atoms with Gasteiger partial charge in [-0.05, 0) is 35.9 Å². The second-order valence-corrected chi connectivity index (χ2v) is 7.53. The lowest BCUT2D eigenvalue weighted by atomic mass is 10.1. The minimum atomic E-state index is 0.220. The summed E-state index contributed by atoms with van der Waals surface area (Å²) < 4.78 is 5.42. The first-order chi connectivity index (χ1) is 16.3. The topological polar surface area (TPSA) is 124 Å². The molecule has 3 aromatic heterocycles. The Morgan fingerprint density at radius 1 is 1.00 bits per heavy atom. The van der Waals surface area contributed by atoms with E-state index in [1.807, 2.05) is 42.5 Å². The molecule has 0 atom stereocenters. The number of hydrogen-bond donors (Lipinski definition) is 3. The number of nitrogens with zero attached hydrogens (tertiary/aromatic N) is 6. The molecule has 4 heterocycles. The minimum absolute atomic E-state index is 0.220. The quantitative estimate of drug-likeness (QED) is 0.363. The van der Waals surface area contributed by atoms with Gasteiger partial charge in [0.2, 0.25) is 5.82 Å². The fourth-order valence-electron chi connectivity index (χ4n) is 3.66. The van der Waals surface area contributed by atoms with Crippen LogP contribution in [0.5, 0.6) is 0 Å². The minimum Gasteiger partial charge on any atom is -0.378 e. The molecule has 1 saturated heterocycles. The molecule has 0 radical (unpaired) electrons. The Balaban J connectivity index is 1.32. The molecule has 0 unspecified atom stereocenters. The van der Waals surface area contributed by atoms with Gasteiger partial charge in [-0.25, -0.2) is 20.5 Å². The number of hydrogen-bond acceptors (Lipinski definition) is 10. The Morgan fingerprint density at radius 2 is 1.91 bits per heavy atom. The van der Waals surface area contributed by atoms with Crippen LogP contribution in [-0.2, 0) is 11.3 Å². The zero-order valence-corrected chi connectivity index (χ0v) is 17.9. The number of benzene rings is 1. The van der Waals surface area contributed by atoms with E-state index in [-0.39, 0.29) is 5.82 Å². The van der Waals surface area contributed by atoms with Crippen molar-refractivity contribution in [3.05, 3.63) is 66.5 Å². The van der Waals surface area contributed by atoms with Crippen LogP contribution >= 0.6 is 0 Å². The van der Waals surface area contributed by atoms with Crippen LogP contribution in [0.3, 0.4) is 0 Å². The molecule has 10 heteroatoms. The maximum atomic E-state index is 7.43. The number of ether oxygens (including phenoxy) is 1. The van der Waals surface area contributed by atoms with Gasteiger partial charge in [-0.3, -0.25) is 4.98 Å². The SMILES string of the molecule is N=Nc1ncc(Nc2cccc(N3CCOCC3)n2)nc1NCc1ccc2ncccc2c1. The molecule has 10 nitrogen and oxygen atoms in total. The van der Waals surface area contributed by atoms with Gasteiger partial charge in [0.1, 0.15) is 11.6 Å². The Bertz CT molecular complexity index is 1270. The highest BCUT2D eigenvalue weighted by molar-refractivity contribution is 5.79. The number of nitrogens with one attached hydrogen (secondary N) is 3. The third-order valence-electron chi connectivity index (χ3n) is 5.31. The normalized spacial score (nSPS) is 13.6. The van der Waals surface area contributed by atoms with Crippen molar-refractivity contribution in [1.29, 1.82) is 5.53 Å². The average Bonchev–Trinajstić information content (AvgIpc) is 2.88. The van der Waals surface area contributed by atoms with E-state index in [1.54, 1.807) is 12.4 Å². The molecule has 1 fully saturated rings. The Morgan fingerprint density at radius 3 is 2.79 bits per heavy atom. The molecule has 1 aliphatic heterocycles. The van der Waals surface area contributed by atoms with Crippen molar-refractivity contribution in [3.63, 3.8) is 0 Å². The van der Waals surface area contributed by atoms with Crippen molar-refractivity contribution in [2.24, 2.45) is 5.11 Å². The number of morpholine rings is 1. The van der Waals surface area contributed by atoms with Gasteiger partial charge in [0.25, 0.3) is 0 Å². The largest absolute Gasteiger partial charge is 0.378 e. The molecule has 0 saturated carbocycles. The predicted molar refractivity (Wildman–Crippen MR) is 126 cm³/mol. The molecule has 0 aliphatic carbocycles. The fourth-order valence-corrected chi connectivity index (χ4v) is 3.66. The van der Waals surface area contributed by atoms with E-state index in [4.69, 9.17) is 15.3 Å². The van der Waals surface area contributed by atoms with Crippen LogP contribution in [-0.4, -0.2) is 46.2 Å². The summed E-state index contributed by atoms with van der Waals surface area (Å²) in [5.74, 6) is 2.71. The molecule has 166 valence electrons. The van der Waals surface area contributed by atoms with Gasteiger partial charge in [-0.2, -0.15) is 0 Å². The summed E-state index contributed by atoms with van der Waals surface area (Å²) in [5, 5.41) is 11.0. The number of rotatable bonds is 7. The zero-order chi connectivity index (χ0) is 22.5. The van der Waals surface area contributed by atoms with Gasteiger partial charge >= 0.3 is 0 Å². The average molecular weight is 441 g/mol. The number of pyridine rings is 2. The summed E-state index contributed by atoms with van der Waals surface area (Å²) in [4.78, 5) is 20.1. The van der Waals surface area contributed by atoms with Crippen molar-refractivity contribution >= 4 is 40.0 Å². The van der Waals surface area contributed by atoms with E-state index in [0.717, 1.165) is 35.4 Å². The second-order valence-electron chi connectivity index (χ2n) is 7.53. The third kappa shape index (κ3) is 4.85. The Labute approximate surface area is 190 Å². The molecule has 0 bridgehead atoms. The smallest absolute Gasteiger partial charge is 0.216 e. The molecule has 4 aromatic rings. The molecule has 3 N–H and O–H groups in total. The first-order valence-corrected chi connectivity index (χ1v) is 10.7. The summed E-state index contributed by atoms with van der Waals surface area (Å²) in [6.45, 7) is 3.54. The van der Waals surface area contributed by atoms with Crippen molar-refractivity contribution in [1.82, 2.24) is 19.9 Å². The summed E-state index contributed by atoms with van der Waals surface area (Å²) >= 11 is 0. The van der Waals surface area contributed by atoms with Crippen LogP contribution in [0.15, 0.2) is 66.0 Å². The molecular formula is C23H23N9O. The van der Waals surface area contributed by atoms with Crippen LogP contribution in [0.2, 0.25) is 0 Å².